The Labute approximate surface area is 91.3 Å². The molecule has 1 N–H and O–H groups in total. The van der Waals surface area contributed by atoms with Crippen molar-refractivity contribution < 1.29 is 4.79 Å². The molecule has 0 aromatic rings. The molecule has 1 fully saturated rings. The Bertz CT molecular complexity index is 286. The van der Waals surface area contributed by atoms with Crippen LogP contribution in [0.15, 0.2) is 4.99 Å². The summed E-state index contributed by atoms with van der Waals surface area (Å²) >= 11 is 0. The molecule has 15 heavy (non-hydrogen) atoms. The van der Waals surface area contributed by atoms with Crippen LogP contribution in [0.5, 0.6) is 0 Å². The Morgan fingerprint density at radius 2 is 1.80 bits per heavy atom. The zero-order valence-electron chi connectivity index (χ0n) is 9.68. The van der Waals surface area contributed by atoms with Crippen LogP contribution in [0.3, 0.4) is 0 Å². The quantitative estimate of drug-likeness (QED) is 0.660. The Morgan fingerprint density at radius 1 is 1.20 bits per heavy atom. The van der Waals surface area contributed by atoms with E-state index >= 15 is 0 Å². The number of amidine groups is 1. The van der Waals surface area contributed by atoms with E-state index in [0.717, 1.165) is 5.84 Å². The summed E-state index contributed by atoms with van der Waals surface area (Å²) in [5.74, 6) is 1.51. The monoisotopic (exact) mass is 208 g/mol. The number of nitrogens with one attached hydrogen (secondary N) is 1. The van der Waals surface area contributed by atoms with E-state index in [1.165, 1.54) is 38.5 Å². The van der Waals surface area contributed by atoms with Gasteiger partial charge < -0.3 is 5.32 Å². The molecule has 3 nitrogen and oxygen atoms in total. The smallest absolute Gasteiger partial charge is 0.252 e. The minimum Gasteiger partial charge on any atom is -0.312 e. The molecule has 1 aliphatic heterocycles. The minimum atomic E-state index is -0.540. The third kappa shape index (κ3) is 2.21. The molecule has 0 aromatic heterocycles. The number of carbonyl (C=O) groups excluding carboxylic acids is 1. The summed E-state index contributed by atoms with van der Waals surface area (Å²) in [6, 6.07) is 0. The Hall–Kier alpha value is -0.860. The summed E-state index contributed by atoms with van der Waals surface area (Å²) in [5, 5.41) is 2.95. The van der Waals surface area contributed by atoms with Crippen LogP contribution >= 0.6 is 0 Å². The standard InChI is InChI=1S/C12H20N2O/c1-12(2)11(15)13-10(14-12)9-7-5-3-4-6-8-9/h9H,3-8H2,1-2H3,(H,13,14,15). The van der Waals surface area contributed by atoms with Crippen molar-refractivity contribution in [1.29, 1.82) is 0 Å². The zero-order chi connectivity index (χ0) is 10.9. The number of nitrogens with zero attached hydrogens (tertiary/aromatic N) is 1. The Morgan fingerprint density at radius 3 is 2.27 bits per heavy atom. The van der Waals surface area contributed by atoms with Crippen molar-refractivity contribution in [2.75, 3.05) is 0 Å². The van der Waals surface area contributed by atoms with Crippen LogP contribution in [0.1, 0.15) is 52.4 Å². The van der Waals surface area contributed by atoms with E-state index < -0.39 is 5.54 Å². The molecule has 3 heteroatoms. The van der Waals surface area contributed by atoms with E-state index in [2.05, 4.69) is 10.3 Å². The van der Waals surface area contributed by atoms with Crippen molar-refractivity contribution in [2.24, 2.45) is 10.9 Å². The van der Waals surface area contributed by atoms with Crippen molar-refractivity contribution >= 4 is 11.7 Å². The molecule has 2 rings (SSSR count). The fourth-order valence-corrected chi connectivity index (χ4v) is 2.40. The maximum atomic E-state index is 11.6. The van der Waals surface area contributed by atoms with Gasteiger partial charge in [0, 0.05) is 5.92 Å². The summed E-state index contributed by atoms with van der Waals surface area (Å²) in [6.07, 6.45) is 7.60. The second-order valence-corrected chi connectivity index (χ2v) is 5.20. The van der Waals surface area contributed by atoms with Gasteiger partial charge in [-0.25, -0.2) is 0 Å². The number of rotatable bonds is 1. The van der Waals surface area contributed by atoms with E-state index in [0.29, 0.717) is 5.92 Å². The van der Waals surface area contributed by atoms with Gasteiger partial charge in [-0.1, -0.05) is 25.7 Å². The lowest BCUT2D eigenvalue weighted by atomic mass is 9.99. The first kappa shape index (κ1) is 10.7. The highest BCUT2D eigenvalue weighted by atomic mass is 16.2. The van der Waals surface area contributed by atoms with Crippen molar-refractivity contribution in [2.45, 2.75) is 57.9 Å². The molecule has 1 aliphatic carbocycles. The van der Waals surface area contributed by atoms with Crippen LogP contribution in [0.25, 0.3) is 0 Å². The van der Waals surface area contributed by atoms with Gasteiger partial charge >= 0.3 is 0 Å². The first-order chi connectivity index (χ1) is 7.09. The number of carbonyl (C=O) groups is 1. The Kier molecular flexibility index (Phi) is 2.81. The molecule has 1 heterocycles. The lowest BCUT2D eigenvalue weighted by Crippen LogP contribution is -2.36. The number of aliphatic imine (C=N–C) groups is 1. The molecule has 1 amide bonds. The molecule has 2 aliphatic rings. The summed E-state index contributed by atoms with van der Waals surface area (Å²) in [4.78, 5) is 16.1. The minimum absolute atomic E-state index is 0.0572. The highest BCUT2D eigenvalue weighted by molar-refractivity contribution is 6.08. The van der Waals surface area contributed by atoms with Crippen LogP contribution in [0, 0.1) is 5.92 Å². The van der Waals surface area contributed by atoms with Gasteiger partial charge in [0.1, 0.15) is 11.4 Å². The van der Waals surface area contributed by atoms with E-state index in [1.54, 1.807) is 0 Å². The molecule has 84 valence electrons. The fourth-order valence-electron chi connectivity index (χ4n) is 2.40. The Balaban J connectivity index is 2.08. The first-order valence-corrected chi connectivity index (χ1v) is 6.01. The van der Waals surface area contributed by atoms with Gasteiger partial charge in [-0.3, -0.25) is 9.79 Å². The third-order valence-corrected chi connectivity index (χ3v) is 3.44. The van der Waals surface area contributed by atoms with Gasteiger partial charge in [-0.05, 0) is 26.7 Å². The first-order valence-electron chi connectivity index (χ1n) is 6.01. The molecule has 0 saturated heterocycles. The van der Waals surface area contributed by atoms with Gasteiger partial charge in [-0.2, -0.15) is 0 Å². The molecular weight excluding hydrogens is 188 g/mol. The topological polar surface area (TPSA) is 41.5 Å². The molecule has 1 saturated carbocycles. The van der Waals surface area contributed by atoms with Crippen molar-refractivity contribution in [3.63, 3.8) is 0 Å². The predicted octanol–water partition coefficient (Wildman–Crippen LogP) is 2.26. The van der Waals surface area contributed by atoms with E-state index in [1.807, 2.05) is 13.8 Å². The molecular formula is C12H20N2O. The van der Waals surface area contributed by atoms with Crippen LogP contribution in [-0.2, 0) is 4.79 Å². The lowest BCUT2D eigenvalue weighted by molar-refractivity contribution is -0.122. The van der Waals surface area contributed by atoms with Gasteiger partial charge in [0.2, 0.25) is 0 Å². The average Bonchev–Trinajstić information content (AvgIpc) is 2.44. The molecule has 0 unspecified atom stereocenters. The van der Waals surface area contributed by atoms with E-state index in [9.17, 15) is 4.79 Å². The fraction of sp³-hybridized carbons (Fsp3) is 0.833. The molecule has 0 aromatic carbocycles. The zero-order valence-corrected chi connectivity index (χ0v) is 9.68. The van der Waals surface area contributed by atoms with Crippen LogP contribution in [0.2, 0.25) is 0 Å². The summed E-state index contributed by atoms with van der Waals surface area (Å²) in [7, 11) is 0. The summed E-state index contributed by atoms with van der Waals surface area (Å²) < 4.78 is 0. The highest BCUT2D eigenvalue weighted by Crippen LogP contribution is 2.27. The normalized spacial score (nSPS) is 27.1. The van der Waals surface area contributed by atoms with Crippen molar-refractivity contribution in [1.82, 2.24) is 5.32 Å². The highest BCUT2D eigenvalue weighted by Gasteiger charge is 2.36. The maximum Gasteiger partial charge on any atom is 0.252 e. The van der Waals surface area contributed by atoms with Gasteiger partial charge in [-0.15, -0.1) is 0 Å². The van der Waals surface area contributed by atoms with Crippen LogP contribution in [-0.4, -0.2) is 17.3 Å². The summed E-state index contributed by atoms with van der Waals surface area (Å²) in [6.45, 7) is 3.76. The van der Waals surface area contributed by atoms with Crippen LogP contribution in [0.4, 0.5) is 0 Å². The second kappa shape index (κ2) is 3.95. The largest absolute Gasteiger partial charge is 0.312 e. The number of amides is 1. The maximum absolute atomic E-state index is 11.6. The SMILES string of the molecule is CC1(C)N=C(C2CCCCCC2)NC1=O. The molecule has 0 spiro atoms. The molecule has 0 radical (unpaired) electrons. The second-order valence-electron chi connectivity index (χ2n) is 5.20. The summed E-state index contributed by atoms with van der Waals surface area (Å²) in [5.41, 5.74) is -0.540. The third-order valence-electron chi connectivity index (χ3n) is 3.44. The van der Waals surface area contributed by atoms with E-state index in [4.69, 9.17) is 0 Å². The molecule has 0 atom stereocenters. The molecule has 0 bridgehead atoms. The van der Waals surface area contributed by atoms with Crippen LogP contribution < -0.4 is 5.32 Å². The number of hydrogen-bond donors (Lipinski definition) is 1. The van der Waals surface area contributed by atoms with Crippen molar-refractivity contribution in [3.8, 4) is 0 Å². The van der Waals surface area contributed by atoms with Gasteiger partial charge in [0.05, 0.1) is 0 Å². The van der Waals surface area contributed by atoms with Gasteiger partial charge in [0.25, 0.3) is 5.91 Å². The average molecular weight is 208 g/mol. The van der Waals surface area contributed by atoms with Gasteiger partial charge in [0.15, 0.2) is 0 Å². The lowest BCUT2D eigenvalue weighted by Gasteiger charge is -2.13. The predicted molar refractivity (Wildman–Crippen MR) is 60.8 cm³/mol. The van der Waals surface area contributed by atoms with Crippen molar-refractivity contribution in [3.05, 3.63) is 0 Å². The number of hydrogen-bond acceptors (Lipinski definition) is 2. The van der Waals surface area contributed by atoms with E-state index in [-0.39, 0.29) is 5.91 Å².